The first-order valence-electron chi connectivity index (χ1n) is 14.3. The van der Waals surface area contributed by atoms with E-state index in [9.17, 15) is 18.0 Å². The number of nitrogens with one attached hydrogen (secondary N) is 1. The van der Waals surface area contributed by atoms with Crippen molar-refractivity contribution >= 4 is 39.1 Å². The Bertz CT molecular complexity index is 1450. The number of carbonyl (C=O) groups is 2. The van der Waals surface area contributed by atoms with Gasteiger partial charge in [-0.05, 0) is 80.1 Å². The summed E-state index contributed by atoms with van der Waals surface area (Å²) in [7, 11) is -3.57. The molecule has 2 unspecified atom stereocenters. The Kier molecular flexibility index (Phi) is 12.0. The number of nitrogens with zero attached hydrogens (tertiary/aromatic N) is 2. The van der Waals surface area contributed by atoms with Crippen LogP contribution in [0, 0.1) is 13.8 Å². The number of amides is 2. The molecular weight excluding hydrogens is 570 g/mol. The van der Waals surface area contributed by atoms with Gasteiger partial charge in [0, 0.05) is 37.0 Å². The summed E-state index contributed by atoms with van der Waals surface area (Å²) in [6, 6.07) is 21.6. The van der Waals surface area contributed by atoms with Crippen LogP contribution in [0.15, 0.2) is 72.8 Å². The molecular formula is C33H42ClN3O4S. The smallest absolute Gasteiger partial charge is 0.243 e. The Morgan fingerprint density at radius 3 is 2.19 bits per heavy atom. The lowest BCUT2D eigenvalue weighted by Gasteiger charge is -2.32. The summed E-state index contributed by atoms with van der Waals surface area (Å²) in [5.74, 6) is -0.442. The number of rotatable bonds is 14. The Balaban J connectivity index is 1.89. The molecule has 7 nitrogen and oxygen atoms in total. The minimum atomic E-state index is -3.57. The van der Waals surface area contributed by atoms with Gasteiger partial charge in [0.15, 0.2) is 0 Å². The van der Waals surface area contributed by atoms with Gasteiger partial charge in [-0.15, -0.1) is 0 Å². The highest BCUT2D eigenvalue weighted by atomic mass is 35.5. The summed E-state index contributed by atoms with van der Waals surface area (Å²) in [4.78, 5) is 29.2. The normalized spacial score (nSPS) is 12.8. The van der Waals surface area contributed by atoms with E-state index < -0.39 is 16.1 Å². The molecule has 3 aromatic rings. The van der Waals surface area contributed by atoms with Gasteiger partial charge in [0.05, 0.1) is 11.9 Å². The van der Waals surface area contributed by atoms with Crippen LogP contribution in [-0.4, -0.2) is 50.0 Å². The van der Waals surface area contributed by atoms with Crippen molar-refractivity contribution in [2.45, 2.75) is 72.0 Å². The molecule has 3 aromatic carbocycles. The van der Waals surface area contributed by atoms with Crippen LogP contribution in [0.2, 0.25) is 5.02 Å². The van der Waals surface area contributed by atoms with Crippen molar-refractivity contribution in [2.75, 3.05) is 17.1 Å². The lowest BCUT2D eigenvalue weighted by atomic mass is 10.0. The Morgan fingerprint density at radius 2 is 1.60 bits per heavy atom. The first kappa shape index (κ1) is 33.1. The number of aryl methyl sites for hydroxylation is 2. The SMILES string of the molecule is CCC(C)NC(=O)C(Cc1ccccc1)N(Cc1ccc(Cl)cc1)C(=O)CCCN(c1ccc(C)c(C)c1)S(C)(=O)=O. The highest BCUT2D eigenvalue weighted by Crippen LogP contribution is 2.23. The molecule has 1 N–H and O–H groups in total. The second-order valence-electron chi connectivity index (χ2n) is 10.9. The maximum atomic E-state index is 13.9. The summed E-state index contributed by atoms with van der Waals surface area (Å²) in [5.41, 5.74) is 4.41. The zero-order valence-corrected chi connectivity index (χ0v) is 26.7. The second kappa shape index (κ2) is 15.2. The zero-order valence-electron chi connectivity index (χ0n) is 25.1. The molecule has 42 heavy (non-hydrogen) atoms. The van der Waals surface area contributed by atoms with E-state index in [0.717, 1.165) is 28.7 Å². The number of hydrogen-bond acceptors (Lipinski definition) is 4. The Morgan fingerprint density at radius 1 is 0.929 bits per heavy atom. The molecule has 0 aliphatic heterocycles. The highest BCUT2D eigenvalue weighted by Gasteiger charge is 2.31. The Labute approximate surface area is 255 Å². The molecule has 0 bridgehead atoms. The summed E-state index contributed by atoms with van der Waals surface area (Å²) in [5, 5.41) is 3.65. The average molecular weight is 612 g/mol. The van der Waals surface area contributed by atoms with Gasteiger partial charge in [0.25, 0.3) is 0 Å². The molecule has 3 rings (SSSR count). The van der Waals surface area contributed by atoms with Crippen LogP contribution in [0.3, 0.4) is 0 Å². The van der Waals surface area contributed by atoms with E-state index >= 15 is 0 Å². The van der Waals surface area contributed by atoms with Gasteiger partial charge in [-0.2, -0.15) is 0 Å². The fourth-order valence-corrected chi connectivity index (χ4v) is 5.75. The van der Waals surface area contributed by atoms with E-state index in [4.69, 9.17) is 11.6 Å². The predicted molar refractivity (Wildman–Crippen MR) is 171 cm³/mol. The van der Waals surface area contributed by atoms with Crippen LogP contribution in [0.4, 0.5) is 5.69 Å². The number of benzene rings is 3. The highest BCUT2D eigenvalue weighted by molar-refractivity contribution is 7.92. The molecule has 0 aliphatic carbocycles. The van der Waals surface area contributed by atoms with Crippen LogP contribution < -0.4 is 9.62 Å². The van der Waals surface area contributed by atoms with Crippen molar-refractivity contribution in [3.8, 4) is 0 Å². The number of hydrogen-bond donors (Lipinski definition) is 1. The number of anilines is 1. The number of carbonyl (C=O) groups excluding carboxylic acids is 2. The van der Waals surface area contributed by atoms with Gasteiger partial charge in [-0.3, -0.25) is 13.9 Å². The molecule has 0 saturated carbocycles. The molecule has 0 fully saturated rings. The monoisotopic (exact) mass is 611 g/mol. The van der Waals surface area contributed by atoms with Gasteiger partial charge in [0.2, 0.25) is 21.8 Å². The van der Waals surface area contributed by atoms with E-state index in [2.05, 4.69) is 5.32 Å². The number of sulfonamides is 1. The van der Waals surface area contributed by atoms with E-state index in [-0.39, 0.29) is 37.4 Å². The van der Waals surface area contributed by atoms with Crippen LogP contribution in [-0.2, 0) is 32.6 Å². The molecule has 2 amide bonds. The largest absolute Gasteiger partial charge is 0.352 e. The van der Waals surface area contributed by atoms with Crippen molar-refractivity contribution in [1.82, 2.24) is 10.2 Å². The molecule has 0 heterocycles. The molecule has 0 saturated heterocycles. The topological polar surface area (TPSA) is 86.8 Å². The molecule has 0 aromatic heterocycles. The molecule has 0 radical (unpaired) electrons. The van der Waals surface area contributed by atoms with Crippen molar-refractivity contribution < 1.29 is 18.0 Å². The zero-order chi connectivity index (χ0) is 30.9. The molecule has 2 atom stereocenters. The quantitative estimate of drug-likeness (QED) is 0.240. The summed E-state index contributed by atoms with van der Waals surface area (Å²) < 4.78 is 26.8. The van der Waals surface area contributed by atoms with Gasteiger partial charge >= 0.3 is 0 Å². The lowest BCUT2D eigenvalue weighted by Crippen LogP contribution is -2.52. The maximum absolute atomic E-state index is 13.9. The average Bonchev–Trinajstić information content (AvgIpc) is 2.95. The fraction of sp³-hybridized carbons (Fsp3) is 0.394. The minimum absolute atomic E-state index is 0.0513. The number of halogens is 1. The summed E-state index contributed by atoms with van der Waals surface area (Å²) in [6.07, 6.45) is 2.65. The van der Waals surface area contributed by atoms with E-state index in [1.54, 1.807) is 23.1 Å². The summed E-state index contributed by atoms with van der Waals surface area (Å²) >= 11 is 6.11. The maximum Gasteiger partial charge on any atom is 0.243 e. The van der Waals surface area contributed by atoms with Crippen LogP contribution >= 0.6 is 11.6 Å². The van der Waals surface area contributed by atoms with Crippen molar-refractivity contribution in [1.29, 1.82) is 0 Å². The third-order valence-electron chi connectivity index (χ3n) is 7.47. The van der Waals surface area contributed by atoms with Crippen LogP contribution in [0.1, 0.15) is 55.4 Å². The van der Waals surface area contributed by atoms with E-state index in [1.165, 1.54) is 10.6 Å². The third-order valence-corrected chi connectivity index (χ3v) is 8.91. The molecule has 0 spiro atoms. The van der Waals surface area contributed by atoms with Gasteiger partial charge in [-0.25, -0.2) is 8.42 Å². The van der Waals surface area contributed by atoms with Gasteiger partial charge < -0.3 is 10.2 Å². The van der Waals surface area contributed by atoms with E-state index in [0.29, 0.717) is 23.6 Å². The minimum Gasteiger partial charge on any atom is -0.352 e. The Hall–Kier alpha value is -3.36. The van der Waals surface area contributed by atoms with E-state index in [1.807, 2.05) is 82.3 Å². The lowest BCUT2D eigenvalue weighted by molar-refractivity contribution is -0.141. The summed E-state index contributed by atoms with van der Waals surface area (Å²) in [6.45, 7) is 8.21. The first-order chi connectivity index (χ1) is 19.9. The predicted octanol–water partition coefficient (Wildman–Crippen LogP) is 6.06. The van der Waals surface area contributed by atoms with Crippen molar-refractivity contribution in [2.24, 2.45) is 0 Å². The van der Waals surface area contributed by atoms with Gasteiger partial charge in [0.1, 0.15) is 6.04 Å². The molecule has 9 heteroatoms. The second-order valence-corrected chi connectivity index (χ2v) is 13.2. The van der Waals surface area contributed by atoms with Crippen molar-refractivity contribution in [3.63, 3.8) is 0 Å². The van der Waals surface area contributed by atoms with Gasteiger partial charge in [-0.1, -0.05) is 67.1 Å². The first-order valence-corrected chi connectivity index (χ1v) is 16.5. The standard InChI is InChI=1S/C33H42ClN3O4S/c1-6-26(4)35-33(39)31(22-27-11-8-7-9-12-27)36(23-28-15-17-29(34)18-16-28)32(38)13-10-20-37(42(5,40)41)30-19-14-24(2)25(3)21-30/h7-9,11-12,14-19,21,26,31H,6,10,13,20,22-23H2,1-5H3,(H,35,39). The van der Waals surface area contributed by atoms with Crippen LogP contribution in [0.5, 0.6) is 0 Å². The third kappa shape index (κ3) is 9.60. The molecule has 0 aliphatic rings. The van der Waals surface area contributed by atoms with Crippen molar-refractivity contribution in [3.05, 3.63) is 100 Å². The fourth-order valence-electron chi connectivity index (χ4n) is 4.67. The molecule has 226 valence electrons. The van der Waals surface area contributed by atoms with Crippen LogP contribution in [0.25, 0.3) is 0 Å².